The largest absolute Gasteiger partial charge is 0.361 e. The van der Waals surface area contributed by atoms with Crippen molar-refractivity contribution in [1.82, 2.24) is 25.4 Å². The van der Waals surface area contributed by atoms with Crippen molar-refractivity contribution < 1.29 is 4.39 Å². The zero-order valence-electron chi connectivity index (χ0n) is 17.1. The molecule has 0 radical (unpaired) electrons. The van der Waals surface area contributed by atoms with Crippen molar-refractivity contribution in [3.05, 3.63) is 35.8 Å². The number of aromatic amines is 1. The molecule has 154 valence electrons. The third-order valence-corrected chi connectivity index (χ3v) is 5.40. The highest BCUT2D eigenvalue weighted by molar-refractivity contribution is 5.83. The van der Waals surface area contributed by atoms with Crippen LogP contribution < -0.4 is 10.6 Å². The van der Waals surface area contributed by atoms with Crippen LogP contribution in [-0.2, 0) is 6.42 Å². The third-order valence-electron chi connectivity index (χ3n) is 5.40. The van der Waals surface area contributed by atoms with Crippen LogP contribution in [0.15, 0.2) is 29.4 Å². The minimum atomic E-state index is -0.199. The van der Waals surface area contributed by atoms with E-state index in [1.165, 1.54) is 25.6 Å². The van der Waals surface area contributed by atoms with Gasteiger partial charge in [0.2, 0.25) is 0 Å². The normalized spacial score (nSPS) is 17.0. The summed E-state index contributed by atoms with van der Waals surface area (Å²) in [7, 11) is 3.99. The molecule has 3 rings (SSSR count). The van der Waals surface area contributed by atoms with E-state index in [0.717, 1.165) is 68.0 Å². The van der Waals surface area contributed by atoms with E-state index in [4.69, 9.17) is 0 Å². The van der Waals surface area contributed by atoms with Gasteiger partial charge >= 0.3 is 0 Å². The second-order valence-electron chi connectivity index (χ2n) is 7.53. The predicted molar refractivity (Wildman–Crippen MR) is 114 cm³/mol. The zero-order valence-corrected chi connectivity index (χ0v) is 17.1. The maximum atomic E-state index is 13.5. The Bertz CT molecular complexity index is 771. The van der Waals surface area contributed by atoms with Crippen LogP contribution in [0, 0.1) is 5.82 Å². The molecule has 1 aliphatic heterocycles. The molecule has 3 N–H and O–H groups in total. The maximum Gasteiger partial charge on any atom is 0.190 e. The first-order valence-electron chi connectivity index (χ1n) is 10.3. The molecule has 1 aliphatic rings. The molecule has 2 aromatic rings. The number of nitrogens with zero attached hydrogens (tertiary/aromatic N) is 3. The summed E-state index contributed by atoms with van der Waals surface area (Å²) in [4.78, 5) is 12.5. The van der Waals surface area contributed by atoms with Crippen molar-refractivity contribution in [2.45, 2.75) is 19.3 Å². The Morgan fingerprint density at radius 1 is 1.18 bits per heavy atom. The number of benzene rings is 1. The molecule has 0 amide bonds. The zero-order chi connectivity index (χ0) is 19.8. The molecule has 1 aromatic carbocycles. The Balaban J connectivity index is 1.36. The average molecular weight is 389 g/mol. The number of halogens is 1. The molecule has 0 saturated carbocycles. The molecule has 28 heavy (non-hydrogen) atoms. The van der Waals surface area contributed by atoms with Crippen molar-refractivity contribution in [3.8, 4) is 0 Å². The van der Waals surface area contributed by atoms with Crippen molar-refractivity contribution in [2.24, 2.45) is 4.99 Å². The van der Waals surface area contributed by atoms with Crippen LogP contribution in [-0.4, -0.2) is 80.7 Å². The standard InChI is InChI=1S/C21H33FN6/c1-23-21(24-8-3-11-28-12-4-10-27(2)13-14-28)25-9-7-17-16-26-20-6-5-18(22)15-19(17)20/h5-6,15-16,26H,3-4,7-14H2,1-2H3,(H2,23,24,25). The number of fused-ring (bicyclic) bond motifs is 1. The minimum absolute atomic E-state index is 0.199. The molecular weight excluding hydrogens is 355 g/mol. The summed E-state index contributed by atoms with van der Waals surface area (Å²) in [6.45, 7) is 7.50. The second-order valence-corrected chi connectivity index (χ2v) is 7.53. The van der Waals surface area contributed by atoms with Crippen LogP contribution in [0.3, 0.4) is 0 Å². The highest BCUT2D eigenvalue weighted by atomic mass is 19.1. The lowest BCUT2D eigenvalue weighted by Gasteiger charge is -2.20. The lowest BCUT2D eigenvalue weighted by atomic mass is 10.1. The first-order chi connectivity index (χ1) is 13.7. The van der Waals surface area contributed by atoms with E-state index >= 15 is 0 Å². The Morgan fingerprint density at radius 3 is 2.89 bits per heavy atom. The lowest BCUT2D eigenvalue weighted by molar-refractivity contribution is 0.274. The number of hydrogen-bond donors (Lipinski definition) is 3. The number of aromatic nitrogens is 1. The Morgan fingerprint density at radius 2 is 2.04 bits per heavy atom. The summed E-state index contributed by atoms with van der Waals surface area (Å²) in [5.74, 6) is 0.622. The number of rotatable bonds is 7. The molecule has 1 aromatic heterocycles. The quantitative estimate of drug-likeness (QED) is 0.386. The first-order valence-corrected chi connectivity index (χ1v) is 10.3. The van der Waals surface area contributed by atoms with E-state index in [1.54, 1.807) is 19.2 Å². The maximum absolute atomic E-state index is 13.5. The van der Waals surface area contributed by atoms with Crippen LogP contribution in [0.4, 0.5) is 4.39 Å². The van der Waals surface area contributed by atoms with Gasteiger partial charge in [-0.3, -0.25) is 4.99 Å². The van der Waals surface area contributed by atoms with Crippen LogP contribution in [0.25, 0.3) is 10.9 Å². The van der Waals surface area contributed by atoms with Gasteiger partial charge in [-0.1, -0.05) is 0 Å². The molecule has 0 aliphatic carbocycles. The van der Waals surface area contributed by atoms with Gasteiger partial charge < -0.3 is 25.4 Å². The Labute approximate surface area is 167 Å². The summed E-state index contributed by atoms with van der Waals surface area (Å²) in [6, 6.07) is 4.86. The second kappa shape index (κ2) is 10.4. The fourth-order valence-electron chi connectivity index (χ4n) is 3.73. The van der Waals surface area contributed by atoms with E-state index in [0.29, 0.717) is 0 Å². The van der Waals surface area contributed by atoms with E-state index in [-0.39, 0.29) is 5.82 Å². The Hall–Kier alpha value is -2.12. The average Bonchev–Trinajstić information content (AvgIpc) is 2.96. The number of H-pyrrole nitrogens is 1. The van der Waals surface area contributed by atoms with Gasteiger partial charge in [-0.05, 0) is 69.7 Å². The Kier molecular flexibility index (Phi) is 7.68. The van der Waals surface area contributed by atoms with Crippen molar-refractivity contribution in [2.75, 3.05) is 59.9 Å². The van der Waals surface area contributed by atoms with Gasteiger partial charge in [0.15, 0.2) is 5.96 Å². The van der Waals surface area contributed by atoms with Gasteiger partial charge in [0, 0.05) is 50.3 Å². The van der Waals surface area contributed by atoms with Gasteiger partial charge in [0.05, 0.1) is 0 Å². The van der Waals surface area contributed by atoms with E-state index in [2.05, 4.69) is 37.5 Å². The first kappa shape index (κ1) is 20.6. The van der Waals surface area contributed by atoms with Crippen LogP contribution >= 0.6 is 0 Å². The molecule has 0 unspecified atom stereocenters. The summed E-state index contributed by atoms with van der Waals surface area (Å²) in [5, 5.41) is 7.70. The summed E-state index contributed by atoms with van der Waals surface area (Å²) in [5.41, 5.74) is 2.09. The molecule has 7 heteroatoms. The molecule has 1 fully saturated rings. The van der Waals surface area contributed by atoms with E-state index in [1.807, 2.05) is 6.20 Å². The van der Waals surface area contributed by atoms with E-state index < -0.39 is 0 Å². The number of hydrogen-bond acceptors (Lipinski definition) is 3. The van der Waals surface area contributed by atoms with Crippen LogP contribution in [0.1, 0.15) is 18.4 Å². The van der Waals surface area contributed by atoms with Crippen LogP contribution in [0.2, 0.25) is 0 Å². The molecule has 0 atom stereocenters. The summed E-state index contributed by atoms with van der Waals surface area (Å²) < 4.78 is 13.5. The van der Waals surface area contributed by atoms with Crippen molar-refractivity contribution in [3.63, 3.8) is 0 Å². The topological polar surface area (TPSA) is 58.7 Å². The number of likely N-dealkylation sites (N-methyl/N-ethyl adjacent to an activating group) is 1. The fraction of sp³-hybridized carbons (Fsp3) is 0.571. The number of aliphatic imine (C=N–C) groups is 1. The van der Waals surface area contributed by atoms with Gasteiger partial charge in [0.25, 0.3) is 0 Å². The third kappa shape index (κ3) is 5.94. The van der Waals surface area contributed by atoms with Gasteiger partial charge in [-0.2, -0.15) is 0 Å². The van der Waals surface area contributed by atoms with Gasteiger partial charge in [-0.15, -0.1) is 0 Å². The van der Waals surface area contributed by atoms with E-state index in [9.17, 15) is 4.39 Å². The summed E-state index contributed by atoms with van der Waals surface area (Å²) in [6.07, 6.45) is 5.13. The molecule has 0 bridgehead atoms. The number of nitrogens with one attached hydrogen (secondary N) is 3. The van der Waals surface area contributed by atoms with Gasteiger partial charge in [0.1, 0.15) is 5.82 Å². The predicted octanol–water partition coefficient (Wildman–Crippen LogP) is 2.04. The van der Waals surface area contributed by atoms with Gasteiger partial charge in [-0.25, -0.2) is 4.39 Å². The summed E-state index contributed by atoms with van der Waals surface area (Å²) >= 11 is 0. The monoisotopic (exact) mass is 388 g/mol. The van der Waals surface area contributed by atoms with Crippen molar-refractivity contribution >= 4 is 16.9 Å². The SMILES string of the molecule is CN=C(NCCCN1CCCN(C)CC1)NCCc1c[nH]c2ccc(F)cc12. The number of guanidine groups is 1. The molecule has 1 saturated heterocycles. The molecule has 2 heterocycles. The minimum Gasteiger partial charge on any atom is -0.361 e. The lowest BCUT2D eigenvalue weighted by Crippen LogP contribution is -2.39. The van der Waals surface area contributed by atoms with Crippen molar-refractivity contribution in [1.29, 1.82) is 0 Å². The fourth-order valence-corrected chi connectivity index (χ4v) is 3.73. The molecular formula is C21H33FN6. The highest BCUT2D eigenvalue weighted by Crippen LogP contribution is 2.19. The van der Waals surface area contributed by atoms with Crippen LogP contribution in [0.5, 0.6) is 0 Å². The highest BCUT2D eigenvalue weighted by Gasteiger charge is 2.11. The molecule has 6 nitrogen and oxygen atoms in total. The molecule has 0 spiro atoms. The smallest absolute Gasteiger partial charge is 0.190 e.